The highest BCUT2D eigenvalue weighted by Gasteiger charge is 2.26. The number of para-hydroxylation sites is 1. The summed E-state index contributed by atoms with van der Waals surface area (Å²) in [4.78, 5) is 29.5. The summed E-state index contributed by atoms with van der Waals surface area (Å²) in [6.45, 7) is 4.04. The number of rotatable bonds is 3. The molecule has 0 unspecified atom stereocenters. The van der Waals surface area contributed by atoms with Gasteiger partial charge in [0, 0.05) is 31.9 Å². The van der Waals surface area contributed by atoms with Crippen molar-refractivity contribution in [3.05, 3.63) is 82.6 Å². The van der Waals surface area contributed by atoms with Crippen LogP contribution in [0.4, 0.5) is 0 Å². The molecule has 0 N–H and O–H groups in total. The average Bonchev–Trinajstić information content (AvgIpc) is 2.99. The third kappa shape index (κ3) is 4.09. The standard InChI is InChI=1S/C23H23ClN4O2/c1-17-16-21(25-28(17)18-8-3-2-4-9-18)23(30)27-13-7-12-26(14-15-27)22(29)19-10-5-6-11-20(19)24/h2-6,8-11,16H,7,12-15H2,1H3. The molecular formula is C23H23ClN4O2. The molecule has 0 atom stereocenters. The number of carbonyl (C=O) groups excluding carboxylic acids is 2. The molecule has 1 aromatic heterocycles. The molecule has 6 nitrogen and oxygen atoms in total. The van der Waals surface area contributed by atoms with Crippen LogP contribution in [0.2, 0.25) is 5.02 Å². The van der Waals surface area contributed by atoms with Gasteiger partial charge in [0.25, 0.3) is 11.8 Å². The lowest BCUT2D eigenvalue weighted by Crippen LogP contribution is -2.37. The van der Waals surface area contributed by atoms with E-state index in [0.717, 1.165) is 11.4 Å². The highest BCUT2D eigenvalue weighted by molar-refractivity contribution is 6.33. The minimum Gasteiger partial charge on any atom is -0.337 e. The molecule has 1 aliphatic heterocycles. The van der Waals surface area contributed by atoms with Crippen LogP contribution >= 0.6 is 11.6 Å². The first-order valence-corrected chi connectivity index (χ1v) is 10.4. The van der Waals surface area contributed by atoms with E-state index in [-0.39, 0.29) is 11.8 Å². The van der Waals surface area contributed by atoms with Gasteiger partial charge >= 0.3 is 0 Å². The molecule has 1 aliphatic rings. The van der Waals surface area contributed by atoms with Crippen molar-refractivity contribution in [2.45, 2.75) is 13.3 Å². The molecule has 2 aromatic carbocycles. The number of nitrogens with zero attached hydrogens (tertiary/aromatic N) is 4. The minimum absolute atomic E-state index is 0.0981. The average molecular weight is 423 g/mol. The van der Waals surface area contributed by atoms with Crippen LogP contribution in [0.1, 0.15) is 33.0 Å². The van der Waals surface area contributed by atoms with Gasteiger partial charge in [-0.1, -0.05) is 41.9 Å². The van der Waals surface area contributed by atoms with Gasteiger partial charge in [0.05, 0.1) is 16.3 Å². The van der Waals surface area contributed by atoms with Crippen molar-refractivity contribution >= 4 is 23.4 Å². The Balaban J connectivity index is 1.47. The smallest absolute Gasteiger partial charge is 0.274 e. The molecule has 7 heteroatoms. The van der Waals surface area contributed by atoms with E-state index >= 15 is 0 Å². The van der Waals surface area contributed by atoms with Gasteiger partial charge in [-0.15, -0.1) is 0 Å². The monoisotopic (exact) mass is 422 g/mol. The molecule has 4 rings (SSSR count). The van der Waals surface area contributed by atoms with E-state index < -0.39 is 0 Å². The van der Waals surface area contributed by atoms with Gasteiger partial charge in [-0.2, -0.15) is 5.10 Å². The lowest BCUT2D eigenvalue weighted by molar-refractivity contribution is 0.0715. The number of hydrogen-bond acceptors (Lipinski definition) is 3. The quantitative estimate of drug-likeness (QED) is 0.644. The highest BCUT2D eigenvalue weighted by atomic mass is 35.5. The molecule has 0 radical (unpaired) electrons. The molecule has 1 fully saturated rings. The van der Waals surface area contributed by atoms with Crippen LogP contribution in [0.25, 0.3) is 5.69 Å². The van der Waals surface area contributed by atoms with Crippen LogP contribution in [-0.4, -0.2) is 57.6 Å². The number of aromatic nitrogens is 2. The zero-order valence-electron chi connectivity index (χ0n) is 16.8. The summed E-state index contributed by atoms with van der Waals surface area (Å²) in [7, 11) is 0. The lowest BCUT2D eigenvalue weighted by atomic mass is 10.2. The maximum Gasteiger partial charge on any atom is 0.274 e. The van der Waals surface area contributed by atoms with Gasteiger partial charge in [-0.25, -0.2) is 4.68 Å². The first kappa shape index (κ1) is 20.2. The molecule has 0 saturated carbocycles. The molecule has 30 heavy (non-hydrogen) atoms. The van der Waals surface area contributed by atoms with Crippen molar-refractivity contribution in [3.63, 3.8) is 0 Å². The van der Waals surface area contributed by atoms with Gasteiger partial charge in [-0.05, 0) is 43.7 Å². The van der Waals surface area contributed by atoms with E-state index in [4.69, 9.17) is 11.6 Å². The second-order valence-corrected chi connectivity index (χ2v) is 7.74. The van der Waals surface area contributed by atoms with Crippen molar-refractivity contribution in [1.82, 2.24) is 19.6 Å². The van der Waals surface area contributed by atoms with Gasteiger partial charge in [-0.3, -0.25) is 9.59 Å². The first-order valence-electron chi connectivity index (χ1n) is 10.00. The van der Waals surface area contributed by atoms with Gasteiger partial charge < -0.3 is 9.80 Å². The van der Waals surface area contributed by atoms with Crippen molar-refractivity contribution in [2.75, 3.05) is 26.2 Å². The summed E-state index contributed by atoms with van der Waals surface area (Å²) in [6, 6.07) is 18.6. The van der Waals surface area contributed by atoms with Crippen LogP contribution in [0.3, 0.4) is 0 Å². The van der Waals surface area contributed by atoms with Crippen LogP contribution in [0.5, 0.6) is 0 Å². The maximum absolute atomic E-state index is 13.1. The topological polar surface area (TPSA) is 58.4 Å². The molecule has 0 bridgehead atoms. The Morgan fingerprint density at radius 2 is 1.50 bits per heavy atom. The van der Waals surface area contributed by atoms with Gasteiger partial charge in [0.2, 0.25) is 0 Å². The van der Waals surface area contributed by atoms with E-state index in [1.165, 1.54) is 0 Å². The van der Waals surface area contributed by atoms with Crippen molar-refractivity contribution in [3.8, 4) is 5.69 Å². The zero-order valence-corrected chi connectivity index (χ0v) is 17.5. The minimum atomic E-state index is -0.111. The molecule has 3 aromatic rings. The molecule has 2 amide bonds. The molecule has 1 saturated heterocycles. The van der Waals surface area contributed by atoms with E-state index in [9.17, 15) is 9.59 Å². The Bertz CT molecular complexity index is 1060. The van der Waals surface area contributed by atoms with E-state index in [1.54, 1.807) is 38.7 Å². The fourth-order valence-corrected chi connectivity index (χ4v) is 3.92. The van der Waals surface area contributed by atoms with Crippen LogP contribution < -0.4 is 0 Å². The fraction of sp³-hybridized carbons (Fsp3) is 0.261. The largest absolute Gasteiger partial charge is 0.337 e. The Morgan fingerprint density at radius 3 is 2.20 bits per heavy atom. The summed E-state index contributed by atoms with van der Waals surface area (Å²) in [5.74, 6) is -0.209. The van der Waals surface area contributed by atoms with Crippen LogP contribution in [-0.2, 0) is 0 Å². The maximum atomic E-state index is 13.1. The summed E-state index contributed by atoms with van der Waals surface area (Å²) in [5.41, 5.74) is 2.73. The summed E-state index contributed by atoms with van der Waals surface area (Å²) >= 11 is 6.18. The van der Waals surface area contributed by atoms with Crippen molar-refractivity contribution in [1.29, 1.82) is 0 Å². The second kappa shape index (κ2) is 8.71. The molecule has 0 aliphatic carbocycles. The van der Waals surface area contributed by atoms with E-state index in [2.05, 4.69) is 5.10 Å². The predicted molar refractivity (Wildman–Crippen MR) is 116 cm³/mol. The SMILES string of the molecule is Cc1cc(C(=O)N2CCCN(C(=O)c3ccccc3Cl)CC2)nn1-c1ccccc1. The predicted octanol–water partition coefficient (Wildman–Crippen LogP) is 3.82. The van der Waals surface area contributed by atoms with E-state index in [1.807, 2.05) is 43.3 Å². The second-order valence-electron chi connectivity index (χ2n) is 7.34. The van der Waals surface area contributed by atoms with Crippen LogP contribution in [0, 0.1) is 6.92 Å². The molecule has 0 spiro atoms. The number of halogens is 1. The molecular weight excluding hydrogens is 400 g/mol. The Kier molecular flexibility index (Phi) is 5.86. The number of aryl methyl sites for hydroxylation is 1. The number of carbonyl (C=O) groups is 2. The molecule has 2 heterocycles. The Hall–Kier alpha value is -3.12. The lowest BCUT2D eigenvalue weighted by Gasteiger charge is -2.22. The van der Waals surface area contributed by atoms with Crippen molar-refractivity contribution < 1.29 is 9.59 Å². The summed E-state index contributed by atoms with van der Waals surface area (Å²) < 4.78 is 1.78. The highest BCUT2D eigenvalue weighted by Crippen LogP contribution is 2.19. The first-order chi connectivity index (χ1) is 14.5. The summed E-state index contributed by atoms with van der Waals surface area (Å²) in [6.07, 6.45) is 0.709. The Morgan fingerprint density at radius 1 is 0.867 bits per heavy atom. The zero-order chi connectivity index (χ0) is 21.1. The van der Waals surface area contributed by atoms with Crippen LogP contribution in [0.15, 0.2) is 60.7 Å². The number of hydrogen-bond donors (Lipinski definition) is 0. The number of amides is 2. The van der Waals surface area contributed by atoms with Gasteiger partial charge in [0.1, 0.15) is 0 Å². The molecule has 154 valence electrons. The third-order valence-electron chi connectivity index (χ3n) is 5.28. The Labute approximate surface area is 180 Å². The fourth-order valence-electron chi connectivity index (χ4n) is 3.70. The normalized spacial score (nSPS) is 14.5. The van der Waals surface area contributed by atoms with Gasteiger partial charge in [0.15, 0.2) is 5.69 Å². The number of benzene rings is 2. The van der Waals surface area contributed by atoms with E-state index in [0.29, 0.717) is 48.9 Å². The summed E-state index contributed by atoms with van der Waals surface area (Å²) in [5, 5.41) is 4.97. The third-order valence-corrected chi connectivity index (χ3v) is 5.61. The van der Waals surface area contributed by atoms with Crippen molar-refractivity contribution in [2.24, 2.45) is 0 Å².